The maximum absolute atomic E-state index is 11.7. The number of nitrogens with one attached hydrogen (secondary N) is 2. The maximum Gasteiger partial charge on any atom is 0.409 e. The van der Waals surface area contributed by atoms with E-state index in [-0.39, 0.29) is 35.6 Å². The summed E-state index contributed by atoms with van der Waals surface area (Å²) in [5.74, 6) is 0.888. The molecule has 1 aliphatic heterocycles. The number of carbonyl (C=O) groups is 1. The summed E-state index contributed by atoms with van der Waals surface area (Å²) in [6.07, 6.45) is -0.223. The number of aliphatic imine (C=N–C) groups is 1. The summed E-state index contributed by atoms with van der Waals surface area (Å²) in [6.45, 7) is 13.3. The van der Waals surface area contributed by atoms with E-state index in [2.05, 4.69) is 41.3 Å². The first-order valence-corrected chi connectivity index (χ1v) is 7.99. The molecule has 1 saturated heterocycles. The fourth-order valence-corrected chi connectivity index (χ4v) is 2.26. The van der Waals surface area contributed by atoms with Crippen molar-refractivity contribution in [1.29, 1.82) is 0 Å². The standard InChI is InChI=1S/C15H31N5O2.HI/c1-6-22-14(21)20-11-9-19(10-12-20)13(16-5)17-7-8-18-15(2,3)4;/h18H,6-12H2,1-5H3,(H,16,17);1H. The third kappa shape index (κ3) is 8.59. The number of halogens is 1. The second-order valence-corrected chi connectivity index (χ2v) is 6.32. The van der Waals surface area contributed by atoms with E-state index < -0.39 is 0 Å². The zero-order chi connectivity index (χ0) is 16.6. The van der Waals surface area contributed by atoms with Gasteiger partial charge in [-0.25, -0.2) is 4.79 Å². The van der Waals surface area contributed by atoms with Crippen LogP contribution in [0.15, 0.2) is 4.99 Å². The molecule has 1 amide bonds. The van der Waals surface area contributed by atoms with Gasteiger partial charge in [-0.2, -0.15) is 0 Å². The summed E-state index contributed by atoms with van der Waals surface area (Å²) >= 11 is 0. The van der Waals surface area contributed by atoms with Crippen molar-refractivity contribution in [3.8, 4) is 0 Å². The summed E-state index contributed by atoms with van der Waals surface area (Å²) in [5.41, 5.74) is 0.121. The van der Waals surface area contributed by atoms with Gasteiger partial charge in [0.2, 0.25) is 0 Å². The van der Waals surface area contributed by atoms with Crippen molar-refractivity contribution in [3.63, 3.8) is 0 Å². The van der Waals surface area contributed by atoms with Gasteiger partial charge in [0, 0.05) is 51.9 Å². The normalized spacial score (nSPS) is 16.0. The lowest BCUT2D eigenvalue weighted by Crippen LogP contribution is -2.54. The van der Waals surface area contributed by atoms with Gasteiger partial charge < -0.3 is 25.2 Å². The van der Waals surface area contributed by atoms with E-state index in [1.807, 2.05) is 6.92 Å². The Hall–Kier alpha value is -0.770. The zero-order valence-corrected chi connectivity index (χ0v) is 17.3. The molecular weight excluding hydrogens is 409 g/mol. The van der Waals surface area contributed by atoms with Crippen LogP contribution in [-0.2, 0) is 4.74 Å². The number of carbonyl (C=O) groups excluding carboxylic acids is 1. The molecule has 136 valence electrons. The fraction of sp³-hybridized carbons (Fsp3) is 0.867. The highest BCUT2D eigenvalue weighted by molar-refractivity contribution is 14.0. The molecule has 0 atom stereocenters. The van der Waals surface area contributed by atoms with Crippen LogP contribution < -0.4 is 10.6 Å². The number of rotatable bonds is 4. The molecule has 1 rings (SSSR count). The summed E-state index contributed by atoms with van der Waals surface area (Å²) in [4.78, 5) is 19.9. The van der Waals surface area contributed by atoms with Crippen molar-refractivity contribution in [2.45, 2.75) is 33.2 Å². The highest BCUT2D eigenvalue weighted by atomic mass is 127. The first kappa shape index (κ1) is 22.2. The number of amides is 1. The van der Waals surface area contributed by atoms with Gasteiger partial charge in [-0.3, -0.25) is 4.99 Å². The minimum Gasteiger partial charge on any atom is -0.450 e. The Morgan fingerprint density at radius 1 is 1.13 bits per heavy atom. The molecule has 0 bridgehead atoms. The summed E-state index contributed by atoms with van der Waals surface area (Å²) in [7, 11) is 1.79. The van der Waals surface area contributed by atoms with Gasteiger partial charge in [0.25, 0.3) is 0 Å². The number of nitrogens with zero attached hydrogens (tertiary/aromatic N) is 3. The maximum atomic E-state index is 11.7. The molecule has 7 nitrogen and oxygen atoms in total. The smallest absolute Gasteiger partial charge is 0.409 e. The van der Waals surface area contributed by atoms with Crippen LogP contribution in [0.25, 0.3) is 0 Å². The third-order valence-corrected chi connectivity index (χ3v) is 3.38. The predicted molar refractivity (Wildman–Crippen MR) is 105 cm³/mol. The van der Waals surface area contributed by atoms with Crippen molar-refractivity contribution >= 4 is 36.0 Å². The molecule has 1 aliphatic rings. The van der Waals surface area contributed by atoms with Crippen molar-refractivity contribution in [2.24, 2.45) is 4.99 Å². The van der Waals surface area contributed by atoms with E-state index in [0.717, 1.165) is 32.1 Å². The number of piperazine rings is 1. The second kappa shape index (κ2) is 10.9. The lowest BCUT2D eigenvalue weighted by molar-refractivity contribution is 0.0915. The van der Waals surface area contributed by atoms with Gasteiger partial charge in [-0.1, -0.05) is 0 Å². The lowest BCUT2D eigenvalue weighted by Gasteiger charge is -2.36. The molecule has 0 unspecified atom stereocenters. The Balaban J connectivity index is 0.00000484. The highest BCUT2D eigenvalue weighted by Gasteiger charge is 2.23. The Kier molecular flexibility index (Phi) is 10.5. The van der Waals surface area contributed by atoms with Gasteiger partial charge in [-0.05, 0) is 27.7 Å². The van der Waals surface area contributed by atoms with Crippen LogP contribution >= 0.6 is 24.0 Å². The molecule has 0 spiro atoms. The Bertz CT molecular complexity index is 377. The van der Waals surface area contributed by atoms with Crippen LogP contribution in [-0.4, -0.2) is 80.3 Å². The highest BCUT2D eigenvalue weighted by Crippen LogP contribution is 2.04. The first-order chi connectivity index (χ1) is 10.4. The van der Waals surface area contributed by atoms with E-state index in [1.54, 1.807) is 11.9 Å². The molecule has 1 heterocycles. The first-order valence-electron chi connectivity index (χ1n) is 7.99. The van der Waals surface area contributed by atoms with Gasteiger partial charge in [0.15, 0.2) is 5.96 Å². The van der Waals surface area contributed by atoms with Crippen LogP contribution in [0.4, 0.5) is 4.79 Å². The fourth-order valence-electron chi connectivity index (χ4n) is 2.26. The van der Waals surface area contributed by atoms with E-state index >= 15 is 0 Å². The van der Waals surface area contributed by atoms with Crippen molar-refractivity contribution < 1.29 is 9.53 Å². The van der Waals surface area contributed by atoms with Gasteiger partial charge in [0.05, 0.1) is 6.61 Å². The Morgan fingerprint density at radius 2 is 1.70 bits per heavy atom. The minimum absolute atomic E-state index is 0. The molecule has 2 N–H and O–H groups in total. The van der Waals surface area contributed by atoms with Gasteiger partial charge in [0.1, 0.15) is 0 Å². The molecule has 0 aromatic carbocycles. The topological polar surface area (TPSA) is 69.2 Å². The van der Waals surface area contributed by atoms with Crippen molar-refractivity contribution in [1.82, 2.24) is 20.4 Å². The second-order valence-electron chi connectivity index (χ2n) is 6.32. The van der Waals surface area contributed by atoms with Crippen LogP contribution in [0.2, 0.25) is 0 Å². The van der Waals surface area contributed by atoms with Crippen LogP contribution in [0.5, 0.6) is 0 Å². The van der Waals surface area contributed by atoms with E-state index in [1.165, 1.54) is 0 Å². The van der Waals surface area contributed by atoms with Crippen molar-refractivity contribution in [2.75, 3.05) is 52.9 Å². The molecule has 0 aromatic rings. The van der Waals surface area contributed by atoms with Gasteiger partial charge in [-0.15, -0.1) is 24.0 Å². The molecule has 0 saturated carbocycles. The van der Waals surface area contributed by atoms with E-state index in [0.29, 0.717) is 19.7 Å². The molecule has 23 heavy (non-hydrogen) atoms. The molecule has 0 radical (unpaired) electrons. The lowest BCUT2D eigenvalue weighted by atomic mass is 10.1. The number of hydrogen-bond donors (Lipinski definition) is 2. The van der Waals surface area contributed by atoms with E-state index in [9.17, 15) is 4.79 Å². The number of hydrogen-bond acceptors (Lipinski definition) is 4. The zero-order valence-electron chi connectivity index (χ0n) is 15.0. The third-order valence-electron chi connectivity index (χ3n) is 3.38. The summed E-state index contributed by atoms with van der Waals surface area (Å²) in [5, 5.41) is 6.79. The summed E-state index contributed by atoms with van der Waals surface area (Å²) in [6, 6.07) is 0. The SMILES string of the molecule is CCOC(=O)N1CCN(C(=NC)NCCNC(C)(C)C)CC1.I. The Labute approximate surface area is 157 Å². The average molecular weight is 441 g/mol. The van der Waals surface area contributed by atoms with Crippen molar-refractivity contribution in [3.05, 3.63) is 0 Å². The largest absolute Gasteiger partial charge is 0.450 e. The number of guanidine groups is 1. The summed E-state index contributed by atoms with van der Waals surface area (Å²) < 4.78 is 5.03. The number of ether oxygens (including phenoxy) is 1. The monoisotopic (exact) mass is 441 g/mol. The quantitative estimate of drug-likeness (QED) is 0.298. The Morgan fingerprint density at radius 3 is 2.17 bits per heavy atom. The molecule has 1 fully saturated rings. The van der Waals surface area contributed by atoms with Gasteiger partial charge >= 0.3 is 6.09 Å². The van der Waals surface area contributed by atoms with Crippen LogP contribution in [0.3, 0.4) is 0 Å². The van der Waals surface area contributed by atoms with Crippen LogP contribution in [0.1, 0.15) is 27.7 Å². The van der Waals surface area contributed by atoms with Crippen LogP contribution in [0, 0.1) is 0 Å². The minimum atomic E-state index is -0.223. The molecular formula is C15H32IN5O2. The molecule has 8 heteroatoms. The van der Waals surface area contributed by atoms with E-state index in [4.69, 9.17) is 4.74 Å². The molecule has 0 aliphatic carbocycles. The molecule has 0 aromatic heterocycles. The predicted octanol–water partition coefficient (Wildman–Crippen LogP) is 1.34. The average Bonchev–Trinajstić information content (AvgIpc) is 2.47.